The molecule has 0 radical (unpaired) electrons. The van der Waals surface area contributed by atoms with Gasteiger partial charge in [0.15, 0.2) is 5.96 Å². The van der Waals surface area contributed by atoms with Crippen molar-refractivity contribution in [2.75, 3.05) is 20.6 Å². The summed E-state index contributed by atoms with van der Waals surface area (Å²) < 4.78 is 13.9. The molecule has 1 aromatic carbocycles. The number of hydrogen-bond acceptors (Lipinski definition) is 3. The Balaban J connectivity index is 1.91. The van der Waals surface area contributed by atoms with Gasteiger partial charge in [-0.05, 0) is 29.8 Å². The summed E-state index contributed by atoms with van der Waals surface area (Å²) in [5.41, 5.74) is 0.528. The van der Waals surface area contributed by atoms with E-state index < -0.39 is 6.10 Å². The van der Waals surface area contributed by atoms with Crippen molar-refractivity contribution in [3.05, 3.63) is 57.0 Å². The summed E-state index contributed by atoms with van der Waals surface area (Å²) in [6.07, 6.45) is -0.813. The molecule has 1 heterocycles. The number of aliphatic hydroxyl groups excluding tert-OH is 1. The van der Waals surface area contributed by atoms with Crippen LogP contribution in [0.3, 0.4) is 0 Å². The van der Waals surface area contributed by atoms with Gasteiger partial charge < -0.3 is 15.3 Å². The first-order valence-corrected chi connectivity index (χ1v) is 8.28. The highest BCUT2D eigenvalue weighted by atomic mass is 35.5. The highest BCUT2D eigenvalue weighted by Crippen LogP contribution is 2.22. The van der Waals surface area contributed by atoms with Gasteiger partial charge in [0, 0.05) is 25.5 Å². The predicted molar refractivity (Wildman–Crippen MR) is 93.5 cm³/mol. The topological polar surface area (TPSA) is 47.9 Å². The van der Waals surface area contributed by atoms with Crippen LogP contribution in [0, 0.1) is 5.82 Å². The van der Waals surface area contributed by atoms with E-state index in [4.69, 9.17) is 11.6 Å². The molecule has 23 heavy (non-hydrogen) atoms. The lowest BCUT2D eigenvalue weighted by molar-refractivity contribution is 0.179. The van der Waals surface area contributed by atoms with Crippen LogP contribution < -0.4 is 5.32 Å². The van der Waals surface area contributed by atoms with Crippen molar-refractivity contribution < 1.29 is 9.50 Å². The smallest absolute Gasteiger partial charge is 0.193 e. The summed E-state index contributed by atoms with van der Waals surface area (Å²) in [7, 11) is 3.58. The Bertz CT molecular complexity index is 677. The van der Waals surface area contributed by atoms with Crippen LogP contribution in [0.25, 0.3) is 0 Å². The summed E-state index contributed by atoms with van der Waals surface area (Å²) in [4.78, 5) is 7.24. The maximum Gasteiger partial charge on any atom is 0.193 e. The van der Waals surface area contributed by atoms with Gasteiger partial charge in [-0.15, -0.1) is 11.3 Å². The number of aliphatic imine (C=N–C) groups is 1. The van der Waals surface area contributed by atoms with Gasteiger partial charge in [-0.2, -0.15) is 0 Å². The van der Waals surface area contributed by atoms with Gasteiger partial charge in [0.2, 0.25) is 0 Å². The second kappa shape index (κ2) is 8.29. The van der Waals surface area contributed by atoms with Crippen molar-refractivity contribution in [2.45, 2.75) is 12.6 Å². The zero-order valence-electron chi connectivity index (χ0n) is 13.0. The van der Waals surface area contributed by atoms with Crippen LogP contribution in [0.1, 0.15) is 16.5 Å². The summed E-state index contributed by atoms with van der Waals surface area (Å²) in [5.74, 6) is 0.280. The number of benzene rings is 1. The first-order valence-electron chi connectivity index (χ1n) is 7.09. The van der Waals surface area contributed by atoms with Crippen LogP contribution in [0.2, 0.25) is 4.34 Å². The number of thiophene rings is 1. The maximum absolute atomic E-state index is 13.2. The van der Waals surface area contributed by atoms with E-state index in [0.29, 0.717) is 18.1 Å². The molecule has 1 aromatic heterocycles. The van der Waals surface area contributed by atoms with Crippen molar-refractivity contribution >= 4 is 28.9 Å². The largest absolute Gasteiger partial charge is 0.387 e. The lowest BCUT2D eigenvalue weighted by Gasteiger charge is -2.23. The third kappa shape index (κ3) is 5.20. The Hall–Kier alpha value is -1.63. The minimum atomic E-state index is -0.813. The quantitative estimate of drug-likeness (QED) is 0.639. The highest BCUT2D eigenvalue weighted by molar-refractivity contribution is 7.16. The average Bonchev–Trinajstić information content (AvgIpc) is 2.92. The molecule has 2 aromatic rings. The number of rotatable bonds is 5. The monoisotopic (exact) mass is 355 g/mol. The second-order valence-electron chi connectivity index (χ2n) is 5.06. The summed E-state index contributed by atoms with van der Waals surface area (Å²) in [6.45, 7) is 0.902. The minimum Gasteiger partial charge on any atom is -0.387 e. The number of guanidine groups is 1. The molecule has 7 heteroatoms. The van der Waals surface area contributed by atoms with E-state index in [1.807, 2.05) is 24.1 Å². The number of nitrogens with one attached hydrogen (secondary N) is 1. The highest BCUT2D eigenvalue weighted by Gasteiger charge is 2.12. The van der Waals surface area contributed by atoms with Crippen LogP contribution in [0.15, 0.2) is 41.4 Å². The Morgan fingerprint density at radius 3 is 2.83 bits per heavy atom. The van der Waals surface area contributed by atoms with Gasteiger partial charge in [-0.1, -0.05) is 23.7 Å². The molecule has 0 amide bonds. The standard InChI is InChI=1S/C16H19ClFN3OS/c1-19-16(21(2)10-13-6-7-15(17)23-13)20-9-14(22)11-4-3-5-12(18)8-11/h3-8,14,22H,9-10H2,1-2H3,(H,19,20). The van der Waals surface area contributed by atoms with Crippen molar-refractivity contribution in [3.8, 4) is 0 Å². The van der Waals surface area contributed by atoms with Crippen LogP contribution in [0.5, 0.6) is 0 Å². The molecular formula is C16H19ClFN3OS. The van der Waals surface area contributed by atoms with Gasteiger partial charge in [0.05, 0.1) is 17.0 Å². The van der Waals surface area contributed by atoms with Crippen LogP contribution in [-0.2, 0) is 6.54 Å². The molecule has 0 saturated carbocycles. The van der Waals surface area contributed by atoms with Crippen molar-refractivity contribution in [2.24, 2.45) is 4.99 Å². The summed E-state index contributed by atoms with van der Waals surface area (Å²) in [6, 6.07) is 9.78. The Morgan fingerprint density at radius 1 is 1.43 bits per heavy atom. The second-order valence-corrected chi connectivity index (χ2v) is 6.86. The van der Waals surface area contributed by atoms with E-state index in [1.54, 1.807) is 19.2 Å². The first kappa shape index (κ1) is 17.7. The molecular weight excluding hydrogens is 337 g/mol. The summed E-state index contributed by atoms with van der Waals surface area (Å²) in [5, 5.41) is 13.2. The van der Waals surface area contributed by atoms with E-state index in [-0.39, 0.29) is 12.4 Å². The molecule has 0 spiro atoms. The van der Waals surface area contributed by atoms with Crippen molar-refractivity contribution in [1.29, 1.82) is 0 Å². The van der Waals surface area contributed by atoms with Gasteiger partial charge in [-0.25, -0.2) is 4.39 Å². The van der Waals surface area contributed by atoms with Crippen molar-refractivity contribution in [1.82, 2.24) is 10.2 Å². The molecule has 2 N–H and O–H groups in total. The predicted octanol–water partition coefficient (Wildman–Crippen LogP) is 3.28. The number of halogens is 2. The molecule has 1 unspecified atom stereocenters. The van der Waals surface area contributed by atoms with Crippen LogP contribution in [-0.4, -0.2) is 36.6 Å². The van der Waals surface area contributed by atoms with Crippen molar-refractivity contribution in [3.63, 3.8) is 0 Å². The molecule has 0 bridgehead atoms. The fraction of sp³-hybridized carbons (Fsp3) is 0.312. The molecule has 0 aliphatic rings. The van der Waals surface area contributed by atoms with Gasteiger partial charge in [0.25, 0.3) is 0 Å². The molecule has 4 nitrogen and oxygen atoms in total. The van der Waals surface area contributed by atoms with E-state index in [2.05, 4.69) is 10.3 Å². The molecule has 2 rings (SSSR count). The fourth-order valence-corrected chi connectivity index (χ4v) is 3.29. The lowest BCUT2D eigenvalue weighted by Crippen LogP contribution is -2.40. The fourth-order valence-electron chi connectivity index (χ4n) is 2.15. The minimum absolute atomic E-state index is 0.242. The number of aliphatic hydroxyl groups is 1. The molecule has 1 atom stereocenters. The van der Waals surface area contributed by atoms with Crippen LogP contribution >= 0.6 is 22.9 Å². The Labute approximate surface area is 144 Å². The van der Waals surface area contributed by atoms with Gasteiger partial charge >= 0.3 is 0 Å². The number of nitrogens with zero attached hydrogens (tertiary/aromatic N) is 2. The molecule has 0 saturated heterocycles. The average molecular weight is 356 g/mol. The Morgan fingerprint density at radius 2 is 2.22 bits per heavy atom. The molecule has 0 aliphatic heterocycles. The normalized spacial score (nSPS) is 13.0. The van der Waals surface area contributed by atoms with E-state index in [0.717, 1.165) is 9.21 Å². The third-order valence-corrected chi connectivity index (χ3v) is 4.50. The number of hydrogen-bond donors (Lipinski definition) is 2. The zero-order valence-corrected chi connectivity index (χ0v) is 14.5. The van der Waals surface area contributed by atoms with Crippen LogP contribution in [0.4, 0.5) is 4.39 Å². The van der Waals surface area contributed by atoms with E-state index >= 15 is 0 Å². The zero-order chi connectivity index (χ0) is 16.8. The van der Waals surface area contributed by atoms with Gasteiger partial charge in [0.1, 0.15) is 5.82 Å². The molecule has 0 fully saturated rings. The molecule has 124 valence electrons. The molecule has 0 aliphatic carbocycles. The Kier molecular flexibility index (Phi) is 6.38. The summed E-state index contributed by atoms with van der Waals surface area (Å²) >= 11 is 7.45. The van der Waals surface area contributed by atoms with E-state index in [9.17, 15) is 9.50 Å². The van der Waals surface area contributed by atoms with Gasteiger partial charge in [-0.3, -0.25) is 4.99 Å². The SMILES string of the molecule is CN=C(NCC(O)c1cccc(F)c1)N(C)Cc1ccc(Cl)s1. The third-order valence-electron chi connectivity index (χ3n) is 3.28. The van der Waals surface area contributed by atoms with E-state index in [1.165, 1.54) is 23.5 Å². The lowest BCUT2D eigenvalue weighted by atomic mass is 10.1. The maximum atomic E-state index is 13.2. The first-order chi connectivity index (χ1) is 11.0.